The topological polar surface area (TPSA) is 59.6 Å². The second-order valence-electron chi connectivity index (χ2n) is 7.47. The average Bonchev–Trinajstić information content (AvgIpc) is 2.68. The van der Waals surface area contributed by atoms with E-state index in [-0.39, 0.29) is 5.41 Å². The number of hydrogen-bond donors (Lipinski definition) is 1. The van der Waals surface area contributed by atoms with E-state index in [1.165, 1.54) is 11.8 Å². The summed E-state index contributed by atoms with van der Waals surface area (Å²) in [5.74, 6) is 1.48. The minimum absolute atomic E-state index is 0.118. The highest BCUT2D eigenvalue weighted by atomic mass is 32.2. The highest BCUT2D eigenvalue weighted by Gasteiger charge is 2.39. The zero-order valence-electron chi connectivity index (χ0n) is 16.1. The summed E-state index contributed by atoms with van der Waals surface area (Å²) in [6, 6.07) is 13.8. The molecule has 1 heterocycles. The Balaban J connectivity index is 2.06. The van der Waals surface area contributed by atoms with Gasteiger partial charge in [0.25, 0.3) is 0 Å². The molecular weight excluding hydrogens is 374 g/mol. The number of thioether (sulfide) groups is 2. The first kappa shape index (κ1) is 20.1. The van der Waals surface area contributed by atoms with Crippen LogP contribution >= 0.6 is 23.5 Å². The molecule has 1 N–H and O–H groups in total. The molecule has 0 saturated carbocycles. The van der Waals surface area contributed by atoms with Crippen LogP contribution in [0.25, 0.3) is 10.8 Å². The van der Waals surface area contributed by atoms with Gasteiger partial charge in [-0.05, 0) is 29.7 Å². The summed E-state index contributed by atoms with van der Waals surface area (Å²) in [7, 11) is 0. The molecule has 142 valence electrons. The maximum atomic E-state index is 10.6. The normalized spacial score (nSPS) is 23.0. The lowest BCUT2D eigenvalue weighted by Crippen LogP contribution is -2.50. The van der Waals surface area contributed by atoms with Crippen molar-refractivity contribution in [2.75, 3.05) is 18.6 Å². The van der Waals surface area contributed by atoms with E-state index in [1.807, 2.05) is 47.6 Å². The molecule has 2 aromatic rings. The number of nitrogens with zero attached hydrogens (tertiary/aromatic N) is 3. The van der Waals surface area contributed by atoms with Crippen molar-refractivity contribution in [2.45, 2.75) is 26.3 Å². The van der Waals surface area contributed by atoms with E-state index < -0.39 is 5.56 Å². The van der Waals surface area contributed by atoms with Gasteiger partial charge in [-0.25, -0.2) is 4.99 Å². The fourth-order valence-electron chi connectivity index (χ4n) is 3.14. The molecule has 1 saturated heterocycles. The molecule has 0 amide bonds. The van der Waals surface area contributed by atoms with E-state index in [0.29, 0.717) is 11.5 Å². The Hall–Kier alpha value is -1.68. The minimum Gasteiger partial charge on any atom is -0.364 e. The summed E-state index contributed by atoms with van der Waals surface area (Å²) in [6.07, 6.45) is 1.91. The quantitative estimate of drug-likeness (QED) is 0.729. The Morgan fingerprint density at radius 1 is 1.26 bits per heavy atom. The Morgan fingerprint density at radius 2 is 1.96 bits per heavy atom. The lowest BCUT2D eigenvalue weighted by atomic mass is 9.80. The van der Waals surface area contributed by atoms with E-state index >= 15 is 0 Å². The smallest absolute Gasteiger partial charge is 0.177 e. The highest BCUT2D eigenvalue weighted by Crippen LogP contribution is 2.40. The van der Waals surface area contributed by atoms with Gasteiger partial charge in [-0.15, -0.1) is 11.8 Å². The number of aliphatic imine (C=N–C) groups is 1. The number of aliphatic hydroxyl groups excluding tert-OH is 1. The number of hydrogen-bond acceptors (Lipinski definition) is 5. The SMILES string of the molecule is CSC(O)N1CC(C)(C(C)C)CSC1=Nc1ccc(C#N)c2ccccc12. The molecule has 0 aromatic heterocycles. The lowest BCUT2D eigenvalue weighted by Gasteiger charge is -2.45. The molecule has 1 fully saturated rings. The lowest BCUT2D eigenvalue weighted by molar-refractivity contribution is 0.0853. The monoisotopic (exact) mass is 399 g/mol. The van der Waals surface area contributed by atoms with Gasteiger partial charge < -0.3 is 10.0 Å². The number of nitriles is 1. The van der Waals surface area contributed by atoms with Gasteiger partial charge in [0.1, 0.15) is 0 Å². The van der Waals surface area contributed by atoms with Gasteiger partial charge in [0.15, 0.2) is 10.7 Å². The molecule has 1 aliphatic heterocycles. The molecule has 4 nitrogen and oxygen atoms in total. The molecule has 1 aliphatic rings. The van der Waals surface area contributed by atoms with Crippen molar-refractivity contribution in [1.82, 2.24) is 4.90 Å². The Labute approximate surface area is 169 Å². The Bertz CT molecular complexity index is 906. The van der Waals surface area contributed by atoms with E-state index in [4.69, 9.17) is 4.99 Å². The predicted octanol–water partition coefficient (Wildman–Crippen LogP) is 5.05. The van der Waals surface area contributed by atoms with E-state index in [0.717, 1.165) is 33.9 Å². The van der Waals surface area contributed by atoms with Gasteiger partial charge in [0, 0.05) is 23.1 Å². The molecule has 0 bridgehead atoms. The van der Waals surface area contributed by atoms with Gasteiger partial charge in [0.05, 0.1) is 17.3 Å². The van der Waals surface area contributed by atoms with E-state index in [2.05, 4.69) is 26.8 Å². The van der Waals surface area contributed by atoms with Crippen molar-refractivity contribution in [1.29, 1.82) is 5.26 Å². The molecular formula is C21H25N3OS2. The van der Waals surface area contributed by atoms with Crippen molar-refractivity contribution in [3.63, 3.8) is 0 Å². The Morgan fingerprint density at radius 3 is 2.59 bits per heavy atom. The van der Waals surface area contributed by atoms with E-state index in [1.54, 1.807) is 11.8 Å². The second-order valence-corrected chi connectivity index (χ2v) is 9.31. The maximum Gasteiger partial charge on any atom is 0.177 e. The second kappa shape index (κ2) is 8.14. The Kier molecular flexibility index (Phi) is 6.05. The standard InChI is InChI=1S/C21H25N3OS2/c1-14(2)21(3)12-24(20(25)26-4)19(27-13-21)23-18-10-9-15(11-22)16-7-5-6-8-17(16)18/h5-10,14,20,25H,12-13H2,1-4H3. The summed E-state index contributed by atoms with van der Waals surface area (Å²) in [6.45, 7) is 7.52. The van der Waals surface area contributed by atoms with E-state index in [9.17, 15) is 10.4 Å². The highest BCUT2D eigenvalue weighted by molar-refractivity contribution is 8.14. The number of benzene rings is 2. The van der Waals surface area contributed by atoms with Crippen LogP contribution in [0.5, 0.6) is 0 Å². The van der Waals surface area contributed by atoms with Crippen molar-refractivity contribution >= 4 is 45.2 Å². The van der Waals surface area contributed by atoms with Crippen LogP contribution in [0.15, 0.2) is 41.4 Å². The van der Waals surface area contributed by atoms with Gasteiger partial charge in [-0.2, -0.15) is 5.26 Å². The zero-order chi connectivity index (χ0) is 19.6. The third-order valence-electron chi connectivity index (χ3n) is 5.42. The molecule has 27 heavy (non-hydrogen) atoms. The van der Waals surface area contributed by atoms with Crippen LogP contribution in [0.4, 0.5) is 5.69 Å². The first-order valence-corrected chi connectivity index (χ1v) is 11.3. The molecule has 2 unspecified atom stereocenters. The molecule has 2 aromatic carbocycles. The van der Waals surface area contributed by atoms with Crippen LogP contribution < -0.4 is 0 Å². The largest absolute Gasteiger partial charge is 0.364 e. The fraction of sp³-hybridized carbons (Fsp3) is 0.429. The molecule has 0 aliphatic carbocycles. The number of rotatable bonds is 4. The molecule has 0 spiro atoms. The van der Waals surface area contributed by atoms with Crippen molar-refractivity contribution in [3.05, 3.63) is 42.0 Å². The summed E-state index contributed by atoms with van der Waals surface area (Å²) < 4.78 is 0. The van der Waals surface area contributed by atoms with Crippen molar-refractivity contribution in [3.8, 4) is 6.07 Å². The van der Waals surface area contributed by atoms with Crippen LogP contribution in [0.2, 0.25) is 0 Å². The predicted molar refractivity (Wildman–Crippen MR) is 117 cm³/mol. The zero-order valence-corrected chi connectivity index (χ0v) is 17.8. The number of fused-ring (bicyclic) bond motifs is 1. The minimum atomic E-state index is -0.626. The van der Waals surface area contributed by atoms with Crippen LogP contribution in [0.1, 0.15) is 26.3 Å². The number of amidine groups is 1. The summed E-state index contributed by atoms with van der Waals surface area (Å²) in [4.78, 5) is 6.93. The molecule has 2 atom stereocenters. The maximum absolute atomic E-state index is 10.6. The van der Waals surface area contributed by atoms with Crippen molar-refractivity contribution < 1.29 is 5.11 Å². The first-order valence-electron chi connectivity index (χ1n) is 9.00. The summed E-state index contributed by atoms with van der Waals surface area (Å²) in [5.41, 5.74) is 0.977. The average molecular weight is 400 g/mol. The molecule has 6 heteroatoms. The summed E-state index contributed by atoms with van der Waals surface area (Å²) in [5, 5.41) is 22.7. The van der Waals surface area contributed by atoms with Gasteiger partial charge >= 0.3 is 0 Å². The van der Waals surface area contributed by atoms with Gasteiger partial charge in [-0.1, -0.05) is 56.8 Å². The molecule has 0 radical (unpaired) electrons. The third-order valence-corrected chi connectivity index (χ3v) is 7.48. The third kappa shape index (κ3) is 3.96. The molecule has 3 rings (SSSR count). The van der Waals surface area contributed by atoms with Gasteiger partial charge in [0.2, 0.25) is 0 Å². The fourth-order valence-corrected chi connectivity index (χ4v) is 5.01. The first-order chi connectivity index (χ1) is 12.9. The van der Waals surface area contributed by atoms with Crippen LogP contribution in [0, 0.1) is 22.7 Å². The van der Waals surface area contributed by atoms with Crippen LogP contribution in [-0.2, 0) is 0 Å². The van der Waals surface area contributed by atoms with Gasteiger partial charge in [-0.3, -0.25) is 0 Å². The van der Waals surface area contributed by atoms with Crippen LogP contribution in [-0.4, -0.2) is 39.3 Å². The number of aliphatic hydroxyl groups is 1. The van der Waals surface area contributed by atoms with Crippen molar-refractivity contribution in [2.24, 2.45) is 16.3 Å². The summed E-state index contributed by atoms with van der Waals surface area (Å²) >= 11 is 3.11. The van der Waals surface area contributed by atoms with Crippen LogP contribution in [0.3, 0.4) is 0 Å².